The lowest BCUT2D eigenvalue weighted by Crippen LogP contribution is -2.03. The number of hydrogen-bond donors (Lipinski definition) is 3. The third kappa shape index (κ3) is 18.4. The molecule has 7 heteroatoms. The van der Waals surface area contributed by atoms with E-state index in [-0.39, 0.29) is 6.61 Å². The molecule has 14 heavy (non-hydrogen) atoms. The van der Waals surface area contributed by atoms with E-state index in [2.05, 4.69) is 0 Å². The molecule has 4 nitrogen and oxygen atoms in total. The maximum absolute atomic E-state index is 8.70. The van der Waals surface area contributed by atoms with Gasteiger partial charge in [-0.25, -0.2) is 0 Å². The first-order valence-corrected chi connectivity index (χ1v) is 6.39. The van der Waals surface area contributed by atoms with E-state index < -0.39 is 8.25 Å². The minimum atomic E-state index is -2.87. The van der Waals surface area contributed by atoms with Crippen molar-refractivity contribution in [2.45, 2.75) is 19.3 Å². The summed E-state index contributed by atoms with van der Waals surface area (Å²) < 4.78 is 8.70. The van der Waals surface area contributed by atoms with E-state index in [1.54, 1.807) is 0 Å². The highest BCUT2D eigenvalue weighted by atomic mass is 35.5. The molecule has 0 rings (SSSR count). The Bertz CT molecular complexity index is 133. The summed E-state index contributed by atoms with van der Waals surface area (Å²) in [5.74, 6) is 1.82. The number of aliphatic hydroxyl groups excluding tert-OH is 1. The minimum Gasteiger partial charge on any atom is -0.396 e. The monoisotopic (exact) mass is 265 g/mol. The second kappa shape index (κ2) is 13.6. The van der Waals surface area contributed by atoms with Crippen LogP contribution in [0.25, 0.3) is 0 Å². The Balaban J connectivity index is 0. The van der Waals surface area contributed by atoms with Crippen LogP contribution in [0.3, 0.4) is 0 Å². The van der Waals surface area contributed by atoms with Crippen LogP contribution < -0.4 is 0 Å². The summed E-state index contributed by atoms with van der Waals surface area (Å²) in [5, 5.41) is 8.50. The largest absolute Gasteiger partial charge is 0.692 e. The molecule has 0 saturated heterocycles. The summed E-state index contributed by atoms with van der Waals surface area (Å²) >= 11 is 11.2. The molecule has 0 radical (unpaired) electrons. The number of halogens is 2. The van der Waals surface area contributed by atoms with Crippen molar-refractivity contribution in [1.29, 1.82) is 0 Å². The van der Waals surface area contributed by atoms with Crippen LogP contribution in [-0.4, -0.2) is 33.3 Å². The van der Waals surface area contributed by atoms with Crippen molar-refractivity contribution in [3.63, 3.8) is 0 Å². The molecular formula is C7H16Cl2O4P+. The van der Waals surface area contributed by atoms with E-state index in [0.29, 0.717) is 17.7 Å². The molecule has 0 aromatic carbocycles. The molecular weight excluding hydrogens is 250 g/mol. The quantitative estimate of drug-likeness (QED) is 0.506. The highest BCUT2D eigenvalue weighted by molar-refractivity contribution is 7.30. The lowest BCUT2D eigenvalue weighted by atomic mass is 10.0. The number of aliphatic hydroxyl groups is 1. The van der Waals surface area contributed by atoms with Crippen LogP contribution in [0.2, 0.25) is 0 Å². The van der Waals surface area contributed by atoms with Gasteiger partial charge in [-0.1, -0.05) is 0 Å². The van der Waals surface area contributed by atoms with Crippen LogP contribution in [0.4, 0.5) is 0 Å². The first-order valence-electron chi connectivity index (χ1n) is 4.16. The first-order chi connectivity index (χ1) is 6.58. The molecule has 0 aliphatic rings. The molecule has 0 heterocycles. The SMILES string of the molecule is O=[P+](O)O.OCCCC(CCl)CCCl. The zero-order chi connectivity index (χ0) is 11.4. The van der Waals surface area contributed by atoms with Crippen LogP contribution >= 0.6 is 31.5 Å². The van der Waals surface area contributed by atoms with E-state index >= 15 is 0 Å². The lowest BCUT2D eigenvalue weighted by molar-refractivity contribution is 0.273. The van der Waals surface area contributed by atoms with Gasteiger partial charge in [-0.2, -0.15) is 0 Å². The lowest BCUT2D eigenvalue weighted by Gasteiger charge is -2.09. The minimum absolute atomic E-state index is 0.260. The van der Waals surface area contributed by atoms with Crippen LogP contribution in [0.1, 0.15) is 19.3 Å². The Kier molecular flexibility index (Phi) is 16.4. The van der Waals surface area contributed by atoms with Gasteiger partial charge in [0.1, 0.15) is 0 Å². The third-order valence-corrected chi connectivity index (χ3v) is 2.16. The van der Waals surface area contributed by atoms with E-state index in [0.717, 1.165) is 19.3 Å². The maximum atomic E-state index is 8.70. The molecule has 3 N–H and O–H groups in total. The molecule has 0 aromatic heterocycles. The van der Waals surface area contributed by atoms with E-state index in [1.165, 1.54) is 0 Å². The van der Waals surface area contributed by atoms with Crippen LogP contribution in [0, 0.1) is 5.92 Å². The topological polar surface area (TPSA) is 77.8 Å². The van der Waals surface area contributed by atoms with Gasteiger partial charge in [0, 0.05) is 22.9 Å². The average Bonchev–Trinajstić information content (AvgIpc) is 2.11. The average molecular weight is 266 g/mol. The van der Waals surface area contributed by atoms with Crippen molar-refractivity contribution in [3.8, 4) is 0 Å². The summed E-state index contributed by atoms with van der Waals surface area (Å²) in [6.45, 7) is 0.260. The first kappa shape index (κ1) is 17.0. The fourth-order valence-electron chi connectivity index (χ4n) is 0.833. The molecule has 0 spiro atoms. The molecule has 0 aromatic rings. The molecule has 86 valence electrons. The zero-order valence-corrected chi connectivity index (χ0v) is 10.2. The van der Waals surface area contributed by atoms with Gasteiger partial charge < -0.3 is 5.11 Å². The molecule has 1 unspecified atom stereocenters. The van der Waals surface area contributed by atoms with Crippen molar-refractivity contribution in [2.75, 3.05) is 18.4 Å². The van der Waals surface area contributed by atoms with Gasteiger partial charge in [0.2, 0.25) is 0 Å². The van der Waals surface area contributed by atoms with Gasteiger partial charge in [0.15, 0.2) is 0 Å². The van der Waals surface area contributed by atoms with Crippen LogP contribution in [0.5, 0.6) is 0 Å². The standard InChI is InChI=1S/C7H14Cl2O.HO3P/c8-4-3-7(6-9)2-1-5-10;1-4(2)3/h7,10H,1-6H2;(H-,1,2,3)/p+1. The van der Waals surface area contributed by atoms with Gasteiger partial charge in [0.25, 0.3) is 0 Å². The van der Waals surface area contributed by atoms with Crippen LogP contribution in [-0.2, 0) is 4.57 Å². The molecule has 0 aliphatic heterocycles. The van der Waals surface area contributed by atoms with Crippen molar-refractivity contribution >= 4 is 31.5 Å². The van der Waals surface area contributed by atoms with Gasteiger partial charge in [-0.3, -0.25) is 0 Å². The zero-order valence-electron chi connectivity index (χ0n) is 7.77. The van der Waals surface area contributed by atoms with Gasteiger partial charge in [-0.05, 0) is 25.2 Å². The summed E-state index contributed by atoms with van der Waals surface area (Å²) in [7, 11) is -2.87. The maximum Gasteiger partial charge on any atom is 0.692 e. The Morgan fingerprint density at radius 1 is 1.21 bits per heavy atom. The summed E-state index contributed by atoms with van der Waals surface area (Å²) in [5.41, 5.74) is 0. The normalized spacial score (nSPS) is 11.5. The van der Waals surface area contributed by atoms with Crippen LogP contribution in [0.15, 0.2) is 0 Å². The summed E-state index contributed by atoms with van der Waals surface area (Å²) in [4.78, 5) is 14.2. The van der Waals surface area contributed by atoms with E-state index in [1.807, 2.05) is 0 Å². The number of rotatable bonds is 6. The third-order valence-electron chi connectivity index (χ3n) is 1.51. The summed E-state index contributed by atoms with van der Waals surface area (Å²) in [6.07, 6.45) is 2.80. The van der Waals surface area contributed by atoms with Crippen molar-refractivity contribution in [3.05, 3.63) is 0 Å². The van der Waals surface area contributed by atoms with E-state index in [4.69, 9.17) is 42.7 Å². The molecule has 1 atom stereocenters. The molecule has 0 amide bonds. The van der Waals surface area contributed by atoms with Crippen molar-refractivity contribution in [2.24, 2.45) is 5.92 Å². The smallest absolute Gasteiger partial charge is 0.396 e. The summed E-state index contributed by atoms with van der Waals surface area (Å²) in [6, 6.07) is 0. The fourth-order valence-corrected chi connectivity index (χ4v) is 1.45. The van der Waals surface area contributed by atoms with Crippen molar-refractivity contribution < 1.29 is 19.5 Å². The Labute approximate surface area is 94.8 Å². The predicted molar refractivity (Wildman–Crippen MR) is 57.9 cm³/mol. The Morgan fingerprint density at radius 3 is 2.00 bits per heavy atom. The Hall–Kier alpha value is 0.560. The highest BCUT2D eigenvalue weighted by Crippen LogP contribution is 2.13. The molecule has 0 bridgehead atoms. The predicted octanol–water partition coefficient (Wildman–Crippen LogP) is 1.87. The van der Waals surface area contributed by atoms with Gasteiger partial charge in [0.05, 0.1) is 0 Å². The Morgan fingerprint density at radius 2 is 1.71 bits per heavy atom. The number of hydrogen-bond acceptors (Lipinski definition) is 2. The molecule has 0 saturated carbocycles. The number of alkyl halides is 2. The van der Waals surface area contributed by atoms with Gasteiger partial charge in [-0.15, -0.1) is 33.0 Å². The molecule has 0 aliphatic carbocycles. The van der Waals surface area contributed by atoms with Gasteiger partial charge >= 0.3 is 8.25 Å². The fraction of sp³-hybridized carbons (Fsp3) is 1.00. The second-order valence-corrected chi connectivity index (χ2v) is 3.81. The highest BCUT2D eigenvalue weighted by Gasteiger charge is 2.04. The molecule has 0 fully saturated rings. The van der Waals surface area contributed by atoms with E-state index in [9.17, 15) is 0 Å². The second-order valence-electron chi connectivity index (χ2n) is 2.62. The van der Waals surface area contributed by atoms with Crippen molar-refractivity contribution in [1.82, 2.24) is 0 Å².